The summed E-state index contributed by atoms with van der Waals surface area (Å²) >= 11 is 0. The fourth-order valence-electron chi connectivity index (χ4n) is 3.26. The molecule has 0 radical (unpaired) electrons. The van der Waals surface area contributed by atoms with Gasteiger partial charge < -0.3 is 20.4 Å². The summed E-state index contributed by atoms with van der Waals surface area (Å²) in [7, 11) is 0. The number of hydrogen-bond donors (Lipinski definition) is 3. The molecule has 27 heavy (non-hydrogen) atoms. The first-order chi connectivity index (χ1) is 12.9. The standard InChI is InChI=1S/C20H30N4O3/c1-4-24(20(27)14-23-11-9-15(2)10-12-23)13-19(26)22-18-7-5-17(6-8-18)21-16(3)25/h5-8,15H,4,9-14H2,1-3H3,(H,21,25)(H,22,26)/p+1. The quantitative estimate of drug-likeness (QED) is 0.658. The molecule has 1 saturated heterocycles. The third-order valence-electron chi connectivity index (χ3n) is 4.94. The number of nitrogens with one attached hydrogen (secondary N) is 3. The van der Waals surface area contributed by atoms with Crippen molar-refractivity contribution >= 4 is 29.1 Å². The molecule has 148 valence electrons. The molecule has 7 nitrogen and oxygen atoms in total. The van der Waals surface area contributed by atoms with Gasteiger partial charge in [-0.1, -0.05) is 6.92 Å². The molecule has 3 amide bonds. The highest BCUT2D eigenvalue weighted by Gasteiger charge is 2.24. The second-order valence-electron chi connectivity index (χ2n) is 7.32. The maximum absolute atomic E-state index is 12.5. The third-order valence-corrected chi connectivity index (χ3v) is 4.94. The van der Waals surface area contributed by atoms with Crippen LogP contribution in [0, 0.1) is 5.92 Å². The van der Waals surface area contributed by atoms with E-state index in [0.29, 0.717) is 24.5 Å². The van der Waals surface area contributed by atoms with Crippen LogP contribution in [0.5, 0.6) is 0 Å². The van der Waals surface area contributed by atoms with Crippen LogP contribution in [0.1, 0.15) is 33.6 Å². The molecule has 0 unspecified atom stereocenters. The summed E-state index contributed by atoms with van der Waals surface area (Å²) in [4.78, 5) is 38.8. The molecule has 0 spiro atoms. The van der Waals surface area contributed by atoms with Crippen LogP contribution in [0.4, 0.5) is 11.4 Å². The van der Waals surface area contributed by atoms with E-state index in [2.05, 4.69) is 17.6 Å². The van der Waals surface area contributed by atoms with Gasteiger partial charge in [0.05, 0.1) is 13.1 Å². The normalized spacial score (nSPS) is 19.2. The van der Waals surface area contributed by atoms with Crippen LogP contribution in [0.25, 0.3) is 0 Å². The third kappa shape index (κ3) is 7.02. The lowest BCUT2D eigenvalue weighted by Crippen LogP contribution is -3.14. The summed E-state index contributed by atoms with van der Waals surface area (Å²) in [5.74, 6) is 0.404. The molecular weight excluding hydrogens is 344 g/mol. The van der Waals surface area contributed by atoms with E-state index in [1.54, 1.807) is 29.2 Å². The highest BCUT2D eigenvalue weighted by Crippen LogP contribution is 2.13. The molecule has 0 saturated carbocycles. The summed E-state index contributed by atoms with van der Waals surface area (Å²) in [6, 6.07) is 6.89. The van der Waals surface area contributed by atoms with Crippen molar-refractivity contribution in [2.24, 2.45) is 5.92 Å². The van der Waals surface area contributed by atoms with Crippen molar-refractivity contribution < 1.29 is 19.3 Å². The van der Waals surface area contributed by atoms with Gasteiger partial charge in [-0.3, -0.25) is 14.4 Å². The molecule has 1 fully saturated rings. The number of carbonyl (C=O) groups excluding carboxylic acids is 3. The van der Waals surface area contributed by atoms with E-state index in [1.807, 2.05) is 6.92 Å². The monoisotopic (exact) mass is 375 g/mol. The maximum atomic E-state index is 12.5. The van der Waals surface area contributed by atoms with Gasteiger partial charge >= 0.3 is 0 Å². The van der Waals surface area contributed by atoms with Crippen molar-refractivity contribution in [2.45, 2.75) is 33.6 Å². The van der Waals surface area contributed by atoms with Crippen molar-refractivity contribution in [3.05, 3.63) is 24.3 Å². The van der Waals surface area contributed by atoms with Gasteiger partial charge in [0.25, 0.3) is 5.91 Å². The Bertz CT molecular complexity index is 652. The molecule has 1 aromatic rings. The summed E-state index contributed by atoms with van der Waals surface area (Å²) in [6.07, 6.45) is 2.31. The highest BCUT2D eigenvalue weighted by atomic mass is 16.2. The van der Waals surface area contributed by atoms with Gasteiger partial charge in [0.1, 0.15) is 6.54 Å². The zero-order chi connectivity index (χ0) is 19.8. The Kier molecular flexibility index (Phi) is 7.79. The number of hydrogen-bond acceptors (Lipinski definition) is 3. The predicted molar refractivity (Wildman–Crippen MR) is 106 cm³/mol. The second-order valence-corrected chi connectivity index (χ2v) is 7.32. The summed E-state index contributed by atoms with van der Waals surface area (Å²) in [5.41, 5.74) is 1.30. The molecule has 0 aromatic heterocycles. The summed E-state index contributed by atoms with van der Waals surface area (Å²) in [5, 5.41) is 5.48. The molecule has 7 heteroatoms. The number of likely N-dealkylation sites (N-methyl/N-ethyl adjacent to an activating group) is 1. The van der Waals surface area contributed by atoms with Crippen LogP contribution >= 0.6 is 0 Å². The van der Waals surface area contributed by atoms with Gasteiger partial charge in [-0.25, -0.2) is 0 Å². The maximum Gasteiger partial charge on any atom is 0.278 e. The largest absolute Gasteiger partial charge is 0.329 e. The van der Waals surface area contributed by atoms with Crippen LogP contribution in [0.3, 0.4) is 0 Å². The topological polar surface area (TPSA) is 83.0 Å². The Morgan fingerprint density at radius 3 is 2.15 bits per heavy atom. The first-order valence-electron chi connectivity index (χ1n) is 9.66. The molecule has 0 aliphatic carbocycles. The molecule has 1 aliphatic heterocycles. The van der Waals surface area contributed by atoms with Crippen LogP contribution in [-0.4, -0.2) is 55.3 Å². The molecule has 3 N–H and O–H groups in total. The second kappa shape index (κ2) is 10.1. The van der Waals surface area contributed by atoms with E-state index < -0.39 is 0 Å². The van der Waals surface area contributed by atoms with Crippen LogP contribution in [0.2, 0.25) is 0 Å². The zero-order valence-corrected chi connectivity index (χ0v) is 16.5. The number of piperidine rings is 1. The average Bonchev–Trinajstić information content (AvgIpc) is 2.62. The molecule has 0 bridgehead atoms. The van der Waals surface area contributed by atoms with E-state index in [-0.39, 0.29) is 24.3 Å². The number of carbonyl (C=O) groups is 3. The fourth-order valence-corrected chi connectivity index (χ4v) is 3.26. The first kappa shape index (κ1) is 20.9. The molecule has 0 atom stereocenters. The summed E-state index contributed by atoms with van der Waals surface area (Å²) in [6.45, 7) is 8.65. The lowest BCUT2D eigenvalue weighted by Gasteiger charge is -2.29. The Labute approximate surface area is 161 Å². The van der Waals surface area contributed by atoms with Crippen molar-refractivity contribution in [1.29, 1.82) is 0 Å². The van der Waals surface area contributed by atoms with Gasteiger partial charge in [0.2, 0.25) is 11.8 Å². The zero-order valence-electron chi connectivity index (χ0n) is 16.5. The SMILES string of the molecule is CCN(CC(=O)Nc1ccc(NC(C)=O)cc1)C(=O)C[NH+]1CCC(C)CC1. The van der Waals surface area contributed by atoms with Gasteiger partial charge in [-0.2, -0.15) is 0 Å². The van der Waals surface area contributed by atoms with Gasteiger partial charge in [0, 0.05) is 24.8 Å². The van der Waals surface area contributed by atoms with Crippen molar-refractivity contribution in [3.63, 3.8) is 0 Å². The molecular formula is C20H31N4O3+. The van der Waals surface area contributed by atoms with E-state index in [1.165, 1.54) is 11.8 Å². The van der Waals surface area contributed by atoms with E-state index in [9.17, 15) is 14.4 Å². The van der Waals surface area contributed by atoms with Crippen molar-refractivity contribution in [3.8, 4) is 0 Å². The fraction of sp³-hybridized carbons (Fsp3) is 0.550. The number of benzene rings is 1. The minimum atomic E-state index is -0.222. The van der Waals surface area contributed by atoms with Gasteiger partial charge in [-0.15, -0.1) is 0 Å². The number of likely N-dealkylation sites (tertiary alicyclic amines) is 1. The molecule has 1 aromatic carbocycles. The number of anilines is 2. The minimum absolute atomic E-state index is 0.0261. The smallest absolute Gasteiger partial charge is 0.278 e. The molecule has 2 rings (SSSR count). The van der Waals surface area contributed by atoms with E-state index >= 15 is 0 Å². The Hall–Kier alpha value is -2.41. The number of quaternary nitrogens is 1. The van der Waals surface area contributed by atoms with Gasteiger partial charge in [-0.05, 0) is 49.9 Å². The average molecular weight is 375 g/mol. The van der Waals surface area contributed by atoms with Crippen molar-refractivity contribution in [2.75, 3.05) is 43.4 Å². The summed E-state index contributed by atoms with van der Waals surface area (Å²) < 4.78 is 0. The predicted octanol–water partition coefficient (Wildman–Crippen LogP) is 0.747. The van der Waals surface area contributed by atoms with Crippen LogP contribution in [-0.2, 0) is 14.4 Å². The Balaban J connectivity index is 1.83. The highest BCUT2D eigenvalue weighted by molar-refractivity contribution is 5.95. The van der Waals surface area contributed by atoms with Crippen LogP contribution < -0.4 is 15.5 Å². The first-order valence-corrected chi connectivity index (χ1v) is 9.66. The Morgan fingerprint density at radius 1 is 1.07 bits per heavy atom. The van der Waals surface area contributed by atoms with E-state index in [4.69, 9.17) is 0 Å². The van der Waals surface area contributed by atoms with Gasteiger partial charge in [0.15, 0.2) is 6.54 Å². The number of nitrogens with zero attached hydrogens (tertiary/aromatic N) is 1. The molecule has 1 heterocycles. The number of rotatable bonds is 7. The molecule has 1 aliphatic rings. The Morgan fingerprint density at radius 2 is 1.63 bits per heavy atom. The van der Waals surface area contributed by atoms with Crippen LogP contribution in [0.15, 0.2) is 24.3 Å². The van der Waals surface area contributed by atoms with Crippen molar-refractivity contribution in [1.82, 2.24) is 4.90 Å². The van der Waals surface area contributed by atoms with E-state index in [0.717, 1.165) is 31.8 Å². The lowest BCUT2D eigenvalue weighted by molar-refractivity contribution is -0.898. The number of amides is 3. The minimum Gasteiger partial charge on any atom is -0.329 e. The lowest BCUT2D eigenvalue weighted by atomic mass is 9.99.